The quantitative estimate of drug-likeness (QED) is 0.255. The Morgan fingerprint density at radius 3 is 2.11 bits per heavy atom. The lowest BCUT2D eigenvalue weighted by Crippen LogP contribution is -2.16. The Kier molecular flexibility index (Phi) is 5.68. The zero-order valence-electron chi connectivity index (χ0n) is 17.9. The summed E-state index contributed by atoms with van der Waals surface area (Å²) in [6.45, 7) is 0.519. The van der Waals surface area contributed by atoms with Crippen LogP contribution in [0.25, 0.3) is 33.9 Å². The van der Waals surface area contributed by atoms with E-state index >= 15 is 0 Å². The van der Waals surface area contributed by atoms with E-state index in [2.05, 4.69) is 14.7 Å². The summed E-state index contributed by atoms with van der Waals surface area (Å²) in [5, 5.41) is 0. The molecule has 176 valence electrons. The standard InChI is InChI=1S/C26H16F5N3O/c27-21-3-1-2-20(24(21)28)25-32-22-12-13-34(15-23(22)33-25)14-16-4-6-17(7-5-16)18-8-10-19(11-9-18)35-26(29,30)31/h1-13,15H,14H2. The van der Waals surface area contributed by atoms with E-state index in [1.807, 2.05) is 35.0 Å². The Morgan fingerprint density at radius 2 is 1.43 bits per heavy atom. The zero-order valence-corrected chi connectivity index (χ0v) is 17.9. The van der Waals surface area contributed by atoms with E-state index < -0.39 is 18.0 Å². The van der Waals surface area contributed by atoms with Crippen LogP contribution < -0.4 is 4.74 Å². The topological polar surface area (TPSA) is 39.9 Å². The molecule has 0 fully saturated rings. The molecule has 0 aromatic heterocycles. The molecule has 0 saturated carbocycles. The van der Waals surface area contributed by atoms with Crippen LogP contribution in [0.5, 0.6) is 5.75 Å². The molecule has 0 atom stereocenters. The normalized spacial score (nSPS) is 11.7. The van der Waals surface area contributed by atoms with Crippen molar-refractivity contribution in [2.75, 3.05) is 0 Å². The van der Waals surface area contributed by atoms with Crippen molar-refractivity contribution in [3.05, 3.63) is 102 Å². The van der Waals surface area contributed by atoms with Gasteiger partial charge in [-0.05, 0) is 47.0 Å². The number of hydrogen-bond donors (Lipinski definition) is 0. The van der Waals surface area contributed by atoms with Crippen molar-refractivity contribution in [2.24, 2.45) is 0 Å². The minimum atomic E-state index is -4.73. The summed E-state index contributed by atoms with van der Waals surface area (Å²) in [6.07, 6.45) is -1.14. The average Bonchev–Trinajstić information content (AvgIpc) is 3.24. The largest absolute Gasteiger partial charge is 0.573 e. The fraction of sp³-hybridized carbons (Fsp3) is 0.0769. The second-order valence-electron chi connectivity index (χ2n) is 7.81. The maximum absolute atomic E-state index is 14.1. The predicted octanol–water partition coefficient (Wildman–Crippen LogP) is 6.94. The Morgan fingerprint density at radius 1 is 0.771 bits per heavy atom. The molecule has 2 aliphatic heterocycles. The Balaban J connectivity index is 1.32. The maximum atomic E-state index is 14.1. The predicted molar refractivity (Wildman–Crippen MR) is 120 cm³/mol. The highest BCUT2D eigenvalue weighted by molar-refractivity contribution is 5.66. The molecule has 0 radical (unpaired) electrons. The van der Waals surface area contributed by atoms with E-state index in [9.17, 15) is 22.0 Å². The number of rotatable bonds is 5. The number of imidazole rings is 1. The van der Waals surface area contributed by atoms with Crippen LogP contribution in [0.3, 0.4) is 0 Å². The molecule has 0 spiro atoms. The molecular formula is C26H16F5N3O. The van der Waals surface area contributed by atoms with Crippen molar-refractivity contribution < 1.29 is 26.7 Å². The molecule has 35 heavy (non-hydrogen) atoms. The molecule has 2 heterocycles. The van der Waals surface area contributed by atoms with E-state index in [0.29, 0.717) is 17.9 Å². The number of benzene rings is 3. The number of halogens is 5. The summed E-state index contributed by atoms with van der Waals surface area (Å²) in [6, 6.07) is 18.9. The van der Waals surface area contributed by atoms with Gasteiger partial charge in [0, 0.05) is 18.9 Å². The van der Waals surface area contributed by atoms with E-state index in [1.165, 1.54) is 24.3 Å². The lowest BCUT2D eigenvalue weighted by Gasteiger charge is -2.10. The van der Waals surface area contributed by atoms with Gasteiger partial charge in [0.25, 0.3) is 0 Å². The van der Waals surface area contributed by atoms with Crippen LogP contribution in [0.4, 0.5) is 22.0 Å². The first-order valence-electron chi connectivity index (χ1n) is 10.5. The van der Waals surface area contributed by atoms with Crippen LogP contribution in [0, 0.1) is 11.6 Å². The molecule has 0 amide bonds. The summed E-state index contributed by atoms with van der Waals surface area (Å²) in [4.78, 5) is 8.65. The molecule has 0 saturated heterocycles. The van der Waals surface area contributed by atoms with Crippen molar-refractivity contribution >= 4 is 0 Å². The molecule has 4 nitrogen and oxygen atoms in total. The Labute approximate surface area is 196 Å². The van der Waals surface area contributed by atoms with Crippen LogP contribution in [-0.2, 0) is 6.54 Å². The number of pyridine rings is 1. The molecule has 2 aliphatic rings. The summed E-state index contributed by atoms with van der Waals surface area (Å²) >= 11 is 0. The van der Waals surface area contributed by atoms with Gasteiger partial charge in [0.1, 0.15) is 11.4 Å². The molecule has 3 aromatic carbocycles. The zero-order chi connectivity index (χ0) is 24.6. The van der Waals surface area contributed by atoms with Crippen LogP contribution in [0.15, 0.2) is 85.2 Å². The van der Waals surface area contributed by atoms with Crippen molar-refractivity contribution in [1.29, 1.82) is 0 Å². The molecular weight excluding hydrogens is 465 g/mol. The number of alkyl halides is 3. The van der Waals surface area contributed by atoms with Gasteiger partial charge in [-0.25, -0.2) is 18.7 Å². The Hall–Kier alpha value is -4.27. The van der Waals surface area contributed by atoms with Gasteiger partial charge in [0.05, 0.1) is 11.3 Å². The highest BCUT2D eigenvalue weighted by atomic mass is 19.4. The second-order valence-corrected chi connectivity index (χ2v) is 7.81. The smallest absolute Gasteiger partial charge is 0.406 e. The lowest BCUT2D eigenvalue weighted by atomic mass is 10.0. The number of ether oxygens (including phenoxy) is 1. The second kappa shape index (κ2) is 8.83. The fourth-order valence-electron chi connectivity index (χ4n) is 3.71. The van der Waals surface area contributed by atoms with Gasteiger partial charge < -0.3 is 9.30 Å². The van der Waals surface area contributed by atoms with Crippen molar-refractivity contribution in [3.63, 3.8) is 0 Å². The molecule has 0 bridgehead atoms. The molecule has 5 rings (SSSR count). The highest BCUT2D eigenvalue weighted by Gasteiger charge is 2.31. The molecule has 3 aromatic rings. The summed E-state index contributed by atoms with van der Waals surface area (Å²) < 4.78 is 70.4. The molecule has 0 unspecified atom stereocenters. The van der Waals surface area contributed by atoms with Crippen LogP contribution in [0.1, 0.15) is 5.56 Å². The lowest BCUT2D eigenvalue weighted by molar-refractivity contribution is -0.274. The summed E-state index contributed by atoms with van der Waals surface area (Å²) in [5.74, 6) is -2.10. The summed E-state index contributed by atoms with van der Waals surface area (Å²) in [7, 11) is 0. The van der Waals surface area contributed by atoms with Crippen molar-refractivity contribution in [2.45, 2.75) is 12.9 Å². The monoisotopic (exact) mass is 481 g/mol. The van der Waals surface area contributed by atoms with Gasteiger partial charge in [-0.2, -0.15) is 0 Å². The highest BCUT2D eigenvalue weighted by Crippen LogP contribution is 2.29. The summed E-state index contributed by atoms with van der Waals surface area (Å²) in [5.41, 5.74) is 3.69. The van der Waals surface area contributed by atoms with E-state index in [0.717, 1.165) is 22.8 Å². The van der Waals surface area contributed by atoms with Crippen molar-refractivity contribution in [1.82, 2.24) is 14.5 Å². The molecule has 0 N–H and O–H groups in total. The first-order valence-corrected chi connectivity index (χ1v) is 10.5. The van der Waals surface area contributed by atoms with Gasteiger partial charge in [0.15, 0.2) is 17.5 Å². The third kappa shape index (κ3) is 4.98. The average molecular weight is 481 g/mol. The first-order chi connectivity index (χ1) is 16.7. The third-order valence-electron chi connectivity index (χ3n) is 5.36. The minimum Gasteiger partial charge on any atom is -0.406 e. The van der Waals surface area contributed by atoms with E-state index in [1.54, 1.807) is 24.4 Å². The van der Waals surface area contributed by atoms with Crippen LogP contribution >= 0.6 is 0 Å². The van der Waals surface area contributed by atoms with Gasteiger partial charge in [-0.1, -0.05) is 42.5 Å². The maximum Gasteiger partial charge on any atom is 0.573 e. The molecule has 0 aliphatic carbocycles. The van der Waals surface area contributed by atoms with E-state index in [4.69, 9.17) is 0 Å². The van der Waals surface area contributed by atoms with Crippen LogP contribution in [-0.4, -0.2) is 20.9 Å². The van der Waals surface area contributed by atoms with Gasteiger partial charge in [-0.3, -0.25) is 0 Å². The third-order valence-corrected chi connectivity index (χ3v) is 5.36. The molecule has 9 heteroatoms. The fourth-order valence-corrected chi connectivity index (χ4v) is 3.71. The van der Waals surface area contributed by atoms with Gasteiger partial charge in [-0.15, -0.1) is 13.2 Å². The SMILES string of the molecule is Fc1cccc(-c2nc3ccn(Cc4ccc(-c5ccc(OC(F)(F)F)cc5)cc4)cc-3n2)c1F. The number of hydrogen-bond acceptors (Lipinski definition) is 3. The number of fused-ring (bicyclic) bond motifs is 1. The number of aromatic nitrogens is 3. The van der Waals surface area contributed by atoms with Gasteiger partial charge >= 0.3 is 6.36 Å². The van der Waals surface area contributed by atoms with Gasteiger partial charge in [0.2, 0.25) is 0 Å². The number of nitrogens with zero attached hydrogens (tertiary/aromatic N) is 3. The van der Waals surface area contributed by atoms with E-state index in [-0.39, 0.29) is 17.1 Å². The minimum absolute atomic E-state index is 0.00124. The van der Waals surface area contributed by atoms with Crippen molar-refractivity contribution in [3.8, 4) is 39.7 Å². The van der Waals surface area contributed by atoms with Crippen LogP contribution in [0.2, 0.25) is 0 Å². The Bertz CT molecular complexity index is 1440. The first kappa shape index (κ1) is 22.5.